The molecule has 3 rings (SSSR count). The van der Waals surface area contributed by atoms with Crippen molar-refractivity contribution in [3.63, 3.8) is 0 Å². The minimum absolute atomic E-state index is 0.0494. The van der Waals surface area contributed by atoms with Gasteiger partial charge in [-0.3, -0.25) is 9.52 Å². The molecule has 0 radical (unpaired) electrons. The van der Waals surface area contributed by atoms with Crippen molar-refractivity contribution in [2.75, 3.05) is 16.2 Å². The first-order valence-corrected chi connectivity index (χ1v) is 12.6. The largest absolute Gasteiger partial charge is 0.348 e. The second kappa shape index (κ2) is 8.16. The normalized spacial score (nSPS) is 18.5. The molecule has 1 aliphatic rings. The standard InChI is InChI=1S/C20H24N2O5S2/c1-14(2)15-5-9-19(10-6-15)29(26,27)22-17-7-3-16(4-8-17)20(23)21-18-11-12-28(24,25)13-18/h3-10,14,18,22H,11-13H2,1-2H3,(H,21,23)/t18-/m1/s1. The van der Waals surface area contributed by atoms with Crippen LogP contribution in [0.3, 0.4) is 0 Å². The fraction of sp³-hybridized carbons (Fsp3) is 0.350. The minimum atomic E-state index is -3.74. The molecule has 2 N–H and O–H groups in total. The summed E-state index contributed by atoms with van der Waals surface area (Å²) in [5.41, 5.74) is 1.71. The summed E-state index contributed by atoms with van der Waals surface area (Å²) >= 11 is 0. The van der Waals surface area contributed by atoms with Crippen molar-refractivity contribution in [3.8, 4) is 0 Å². The number of hydrogen-bond donors (Lipinski definition) is 2. The molecule has 1 heterocycles. The van der Waals surface area contributed by atoms with Crippen molar-refractivity contribution in [2.24, 2.45) is 0 Å². The molecule has 7 nitrogen and oxygen atoms in total. The molecule has 0 bridgehead atoms. The average molecular weight is 437 g/mol. The minimum Gasteiger partial charge on any atom is -0.348 e. The summed E-state index contributed by atoms with van der Waals surface area (Å²) in [6.07, 6.45) is 0.404. The molecule has 29 heavy (non-hydrogen) atoms. The Morgan fingerprint density at radius 3 is 2.17 bits per heavy atom. The first-order chi connectivity index (χ1) is 13.6. The Labute approximate surface area is 171 Å². The Kier molecular flexibility index (Phi) is 6.00. The van der Waals surface area contributed by atoms with E-state index in [-0.39, 0.29) is 28.4 Å². The van der Waals surface area contributed by atoms with E-state index >= 15 is 0 Å². The van der Waals surface area contributed by atoms with Crippen LogP contribution in [0, 0.1) is 0 Å². The van der Waals surface area contributed by atoms with Crippen LogP contribution in [0.1, 0.15) is 42.1 Å². The summed E-state index contributed by atoms with van der Waals surface area (Å²) in [7, 11) is -6.81. The summed E-state index contributed by atoms with van der Waals surface area (Å²) in [6, 6.07) is 12.3. The lowest BCUT2D eigenvalue weighted by Gasteiger charge is -2.12. The Morgan fingerprint density at radius 1 is 1.03 bits per heavy atom. The molecule has 0 unspecified atom stereocenters. The number of hydrogen-bond acceptors (Lipinski definition) is 5. The third-order valence-electron chi connectivity index (χ3n) is 4.82. The highest BCUT2D eigenvalue weighted by Gasteiger charge is 2.29. The number of sulfonamides is 1. The van der Waals surface area contributed by atoms with E-state index in [0.717, 1.165) is 5.56 Å². The topological polar surface area (TPSA) is 109 Å². The first-order valence-electron chi connectivity index (χ1n) is 9.30. The molecular formula is C20H24N2O5S2. The third kappa shape index (κ3) is 5.36. The van der Waals surface area contributed by atoms with Crippen LogP contribution in [0.5, 0.6) is 0 Å². The highest BCUT2D eigenvalue weighted by Crippen LogP contribution is 2.20. The summed E-state index contributed by atoms with van der Waals surface area (Å²) in [5.74, 6) is -0.0447. The van der Waals surface area contributed by atoms with Gasteiger partial charge in [0.25, 0.3) is 15.9 Å². The maximum atomic E-state index is 12.5. The lowest BCUT2D eigenvalue weighted by molar-refractivity contribution is 0.0941. The van der Waals surface area contributed by atoms with E-state index in [1.54, 1.807) is 24.3 Å². The Morgan fingerprint density at radius 2 is 1.66 bits per heavy atom. The Hall–Kier alpha value is -2.39. The molecule has 0 aliphatic carbocycles. The van der Waals surface area contributed by atoms with Gasteiger partial charge < -0.3 is 5.32 Å². The first kappa shape index (κ1) is 21.3. The number of rotatable bonds is 6. The summed E-state index contributed by atoms with van der Waals surface area (Å²) in [4.78, 5) is 12.4. The summed E-state index contributed by atoms with van der Waals surface area (Å²) in [6.45, 7) is 4.07. The van der Waals surface area contributed by atoms with E-state index in [1.807, 2.05) is 13.8 Å². The van der Waals surface area contributed by atoms with E-state index in [4.69, 9.17) is 0 Å². The van der Waals surface area contributed by atoms with Crippen LogP contribution in [0.15, 0.2) is 53.4 Å². The summed E-state index contributed by atoms with van der Waals surface area (Å²) < 4.78 is 50.6. The third-order valence-corrected chi connectivity index (χ3v) is 7.99. The van der Waals surface area contributed by atoms with Crippen molar-refractivity contribution in [1.82, 2.24) is 5.32 Å². The van der Waals surface area contributed by atoms with Gasteiger partial charge in [-0.15, -0.1) is 0 Å². The van der Waals surface area contributed by atoms with Gasteiger partial charge in [0.05, 0.1) is 16.4 Å². The van der Waals surface area contributed by atoms with E-state index in [0.29, 0.717) is 23.6 Å². The van der Waals surface area contributed by atoms with Crippen LogP contribution in [0.4, 0.5) is 5.69 Å². The summed E-state index contributed by atoms with van der Waals surface area (Å²) in [5, 5.41) is 2.70. The van der Waals surface area contributed by atoms with Gasteiger partial charge in [-0.2, -0.15) is 0 Å². The molecule has 0 spiro atoms. The fourth-order valence-electron chi connectivity index (χ4n) is 3.11. The van der Waals surface area contributed by atoms with Crippen molar-refractivity contribution in [3.05, 3.63) is 59.7 Å². The van der Waals surface area contributed by atoms with Crippen molar-refractivity contribution >= 4 is 31.5 Å². The van der Waals surface area contributed by atoms with E-state index in [9.17, 15) is 21.6 Å². The number of nitrogens with one attached hydrogen (secondary N) is 2. The molecule has 0 aromatic heterocycles. The lowest BCUT2D eigenvalue weighted by Crippen LogP contribution is -2.35. The molecular weight excluding hydrogens is 412 g/mol. The van der Waals surface area contributed by atoms with Gasteiger partial charge in [0.1, 0.15) is 0 Å². The van der Waals surface area contributed by atoms with Crippen LogP contribution in [0.2, 0.25) is 0 Å². The SMILES string of the molecule is CC(C)c1ccc(S(=O)(=O)Nc2ccc(C(=O)N[C@@H]3CCS(=O)(=O)C3)cc2)cc1. The van der Waals surface area contributed by atoms with Gasteiger partial charge in [0, 0.05) is 17.3 Å². The number of carbonyl (C=O) groups is 1. The van der Waals surface area contributed by atoms with E-state index < -0.39 is 19.9 Å². The molecule has 1 atom stereocenters. The molecule has 1 fully saturated rings. The van der Waals surface area contributed by atoms with Crippen LogP contribution >= 0.6 is 0 Å². The molecule has 156 valence electrons. The van der Waals surface area contributed by atoms with Crippen molar-refractivity contribution in [1.29, 1.82) is 0 Å². The Bertz CT molecular complexity index is 1090. The predicted octanol–water partition coefficient (Wildman–Crippen LogP) is 2.53. The smallest absolute Gasteiger partial charge is 0.261 e. The Balaban J connectivity index is 1.66. The fourth-order valence-corrected chi connectivity index (χ4v) is 5.85. The van der Waals surface area contributed by atoms with Crippen LogP contribution in [-0.2, 0) is 19.9 Å². The number of carbonyl (C=O) groups excluding carboxylic acids is 1. The number of benzene rings is 2. The number of sulfone groups is 1. The highest BCUT2D eigenvalue weighted by atomic mass is 32.2. The van der Waals surface area contributed by atoms with Gasteiger partial charge in [0.2, 0.25) is 0 Å². The second-order valence-corrected chi connectivity index (χ2v) is 11.4. The van der Waals surface area contributed by atoms with Gasteiger partial charge in [-0.25, -0.2) is 16.8 Å². The van der Waals surface area contributed by atoms with E-state index in [1.165, 1.54) is 24.3 Å². The number of amides is 1. The van der Waals surface area contributed by atoms with Crippen LogP contribution < -0.4 is 10.0 Å². The zero-order chi connectivity index (χ0) is 21.2. The monoisotopic (exact) mass is 436 g/mol. The van der Waals surface area contributed by atoms with Gasteiger partial charge >= 0.3 is 0 Å². The highest BCUT2D eigenvalue weighted by molar-refractivity contribution is 7.92. The molecule has 1 amide bonds. The molecule has 1 aliphatic heterocycles. The maximum absolute atomic E-state index is 12.5. The van der Waals surface area contributed by atoms with Gasteiger partial charge in [-0.1, -0.05) is 26.0 Å². The van der Waals surface area contributed by atoms with E-state index in [2.05, 4.69) is 10.0 Å². The molecule has 2 aromatic carbocycles. The van der Waals surface area contributed by atoms with Crippen LogP contribution in [0.25, 0.3) is 0 Å². The van der Waals surface area contributed by atoms with Gasteiger partial charge in [-0.05, 0) is 54.3 Å². The lowest BCUT2D eigenvalue weighted by atomic mass is 10.0. The second-order valence-electron chi connectivity index (χ2n) is 7.48. The van der Waals surface area contributed by atoms with Crippen molar-refractivity contribution < 1.29 is 21.6 Å². The quantitative estimate of drug-likeness (QED) is 0.723. The van der Waals surface area contributed by atoms with Crippen molar-refractivity contribution in [2.45, 2.75) is 37.1 Å². The molecule has 0 saturated carbocycles. The number of anilines is 1. The predicted molar refractivity (Wildman–Crippen MR) is 112 cm³/mol. The zero-order valence-electron chi connectivity index (χ0n) is 16.3. The zero-order valence-corrected chi connectivity index (χ0v) is 17.9. The average Bonchev–Trinajstić information content (AvgIpc) is 3.00. The van der Waals surface area contributed by atoms with Gasteiger partial charge in [0.15, 0.2) is 9.84 Å². The molecule has 9 heteroatoms. The van der Waals surface area contributed by atoms with Crippen LogP contribution in [-0.4, -0.2) is 40.3 Å². The molecule has 2 aromatic rings. The molecule has 1 saturated heterocycles. The maximum Gasteiger partial charge on any atom is 0.261 e.